The number of ether oxygens (including phenoxy) is 2. The molecule has 26 heavy (non-hydrogen) atoms. The number of carbonyl (C=O) groups excluding carboxylic acids is 1. The number of aliphatic hydroxyl groups excluding tert-OH is 3. The van der Waals surface area contributed by atoms with E-state index < -0.39 is 42.8 Å². The van der Waals surface area contributed by atoms with Gasteiger partial charge >= 0.3 is 5.97 Å². The van der Waals surface area contributed by atoms with Crippen molar-refractivity contribution >= 4 is 11.9 Å². The normalized spacial score (nSPS) is 37.8. The lowest BCUT2D eigenvalue weighted by Crippen LogP contribution is -2.61. The highest BCUT2D eigenvalue weighted by Crippen LogP contribution is 2.34. The van der Waals surface area contributed by atoms with E-state index in [1.54, 1.807) is 25.5 Å². The van der Waals surface area contributed by atoms with Crippen molar-refractivity contribution in [2.45, 2.75) is 49.3 Å². The minimum Gasteiger partial charge on any atom is -0.479 e. The summed E-state index contributed by atoms with van der Waals surface area (Å²) in [5.41, 5.74) is 0.804. The van der Waals surface area contributed by atoms with Gasteiger partial charge in [-0.25, -0.2) is 4.79 Å². The molecule has 2 fully saturated rings. The van der Waals surface area contributed by atoms with Crippen LogP contribution in [-0.4, -0.2) is 86.0 Å². The van der Waals surface area contributed by atoms with Gasteiger partial charge in [-0.2, -0.15) is 0 Å². The number of carboxylic acid groups (broad SMARTS) is 1. The zero-order valence-electron chi connectivity index (χ0n) is 13.9. The standard InChI is InChI=1S/C16H20N2O8/c1-18-8(7-3-2-4-17-6-7)5-9(14(18)22)25-16-12(21)10(19)11(20)13(26-16)15(23)24/h2-4,6,8-13,16,19-21H,5H2,1H3,(H,23,24)/t8-,9+,10-,11-,12+,13-,16?/m0/s1. The third kappa shape index (κ3) is 3.29. The number of aliphatic carboxylic acids is 1. The van der Waals surface area contributed by atoms with E-state index in [4.69, 9.17) is 14.6 Å². The minimum atomic E-state index is -1.81. The molecule has 1 amide bonds. The number of aromatic nitrogens is 1. The molecular formula is C16H20N2O8. The fourth-order valence-electron chi connectivity index (χ4n) is 3.22. The Hall–Kier alpha value is -2.11. The lowest BCUT2D eigenvalue weighted by molar-refractivity contribution is -0.301. The van der Waals surface area contributed by atoms with E-state index in [0.717, 1.165) is 5.56 Å². The first kappa shape index (κ1) is 18.7. The van der Waals surface area contributed by atoms with Gasteiger partial charge in [0.2, 0.25) is 0 Å². The van der Waals surface area contributed by atoms with Gasteiger partial charge in [0.1, 0.15) is 24.4 Å². The van der Waals surface area contributed by atoms with Crippen molar-refractivity contribution in [3.05, 3.63) is 30.1 Å². The summed E-state index contributed by atoms with van der Waals surface area (Å²) in [5.74, 6) is -1.89. The van der Waals surface area contributed by atoms with Crippen LogP contribution in [0.5, 0.6) is 0 Å². The fraction of sp³-hybridized carbons (Fsp3) is 0.562. The van der Waals surface area contributed by atoms with Crippen LogP contribution < -0.4 is 0 Å². The molecule has 3 heterocycles. The number of nitrogens with zero attached hydrogens (tertiary/aromatic N) is 2. The molecule has 0 spiro atoms. The predicted octanol–water partition coefficient (Wildman–Crippen LogP) is -1.74. The van der Waals surface area contributed by atoms with Crippen LogP contribution in [0.3, 0.4) is 0 Å². The highest BCUT2D eigenvalue weighted by atomic mass is 16.7. The summed E-state index contributed by atoms with van der Waals surface area (Å²) in [6.45, 7) is 0. The number of carbonyl (C=O) groups is 2. The van der Waals surface area contributed by atoms with Gasteiger partial charge in [0, 0.05) is 25.9 Å². The summed E-state index contributed by atoms with van der Waals surface area (Å²) in [7, 11) is 1.60. The summed E-state index contributed by atoms with van der Waals surface area (Å²) < 4.78 is 10.5. The Kier molecular flexibility index (Phi) is 5.21. The molecule has 2 aliphatic rings. The molecule has 2 saturated heterocycles. The van der Waals surface area contributed by atoms with E-state index in [2.05, 4.69) is 4.98 Å². The average molecular weight is 368 g/mol. The van der Waals surface area contributed by atoms with Crippen molar-refractivity contribution in [2.75, 3.05) is 7.05 Å². The van der Waals surface area contributed by atoms with Gasteiger partial charge in [0.05, 0.1) is 6.04 Å². The van der Waals surface area contributed by atoms with Crippen LogP contribution >= 0.6 is 0 Å². The van der Waals surface area contributed by atoms with Crippen molar-refractivity contribution in [1.29, 1.82) is 0 Å². The monoisotopic (exact) mass is 368 g/mol. The summed E-state index contributed by atoms with van der Waals surface area (Å²) in [6, 6.07) is 3.26. The van der Waals surface area contributed by atoms with E-state index in [1.807, 2.05) is 6.07 Å². The topological polar surface area (TPSA) is 150 Å². The number of hydrogen-bond acceptors (Lipinski definition) is 8. The Morgan fingerprint density at radius 2 is 2.04 bits per heavy atom. The molecular weight excluding hydrogens is 348 g/mol. The van der Waals surface area contributed by atoms with Crippen molar-refractivity contribution < 1.29 is 39.5 Å². The van der Waals surface area contributed by atoms with Crippen LogP contribution in [0.1, 0.15) is 18.0 Å². The SMILES string of the molecule is CN1C(=O)[C@H](OC2O[C@H](C(=O)O)[C@@H](O)[C@H](O)[C@H]2O)C[C@H]1c1cccnc1. The van der Waals surface area contributed by atoms with E-state index >= 15 is 0 Å². The molecule has 0 bridgehead atoms. The first-order valence-corrected chi connectivity index (χ1v) is 8.05. The molecule has 0 saturated carbocycles. The second-order valence-corrected chi connectivity index (χ2v) is 6.35. The third-order valence-electron chi connectivity index (χ3n) is 4.71. The van der Waals surface area contributed by atoms with E-state index in [9.17, 15) is 24.9 Å². The Balaban J connectivity index is 1.73. The Morgan fingerprint density at radius 3 is 2.65 bits per heavy atom. The molecule has 1 aromatic rings. The first-order valence-electron chi connectivity index (χ1n) is 8.05. The highest BCUT2D eigenvalue weighted by Gasteiger charge is 2.50. The molecule has 0 aliphatic carbocycles. The van der Waals surface area contributed by atoms with Gasteiger partial charge in [-0.05, 0) is 11.6 Å². The maximum Gasteiger partial charge on any atom is 0.335 e. The summed E-state index contributed by atoms with van der Waals surface area (Å²) in [6.07, 6.45) is -6.15. The van der Waals surface area contributed by atoms with Crippen molar-refractivity contribution in [2.24, 2.45) is 0 Å². The van der Waals surface area contributed by atoms with Crippen LogP contribution in [0, 0.1) is 0 Å². The third-order valence-corrected chi connectivity index (χ3v) is 4.71. The van der Waals surface area contributed by atoms with Crippen LogP contribution in [0.2, 0.25) is 0 Å². The number of hydrogen-bond donors (Lipinski definition) is 4. The second-order valence-electron chi connectivity index (χ2n) is 6.35. The maximum atomic E-state index is 12.4. The van der Waals surface area contributed by atoms with Gasteiger partial charge in [0.25, 0.3) is 5.91 Å². The zero-order chi connectivity index (χ0) is 19.0. The Morgan fingerprint density at radius 1 is 1.31 bits per heavy atom. The molecule has 3 rings (SSSR count). The highest BCUT2D eigenvalue weighted by molar-refractivity contribution is 5.83. The molecule has 4 N–H and O–H groups in total. The van der Waals surface area contributed by atoms with Crippen molar-refractivity contribution in [3.63, 3.8) is 0 Å². The molecule has 0 aromatic carbocycles. The average Bonchev–Trinajstić information content (AvgIpc) is 2.91. The Labute approximate surface area is 148 Å². The molecule has 7 atom stereocenters. The quantitative estimate of drug-likeness (QED) is 0.486. The van der Waals surface area contributed by atoms with Gasteiger partial charge in [-0.15, -0.1) is 0 Å². The fourth-order valence-corrected chi connectivity index (χ4v) is 3.22. The number of carboxylic acids is 1. The molecule has 0 radical (unpaired) electrons. The number of likely N-dealkylation sites (tertiary alicyclic amines) is 1. The van der Waals surface area contributed by atoms with Crippen LogP contribution in [0.15, 0.2) is 24.5 Å². The van der Waals surface area contributed by atoms with Crippen molar-refractivity contribution in [3.8, 4) is 0 Å². The smallest absolute Gasteiger partial charge is 0.335 e. The van der Waals surface area contributed by atoms with Gasteiger partial charge in [-0.3, -0.25) is 9.78 Å². The maximum absolute atomic E-state index is 12.4. The number of aliphatic hydroxyl groups is 3. The number of amides is 1. The molecule has 142 valence electrons. The zero-order valence-corrected chi connectivity index (χ0v) is 13.9. The minimum absolute atomic E-state index is 0.240. The van der Waals surface area contributed by atoms with E-state index in [0.29, 0.717) is 0 Å². The van der Waals surface area contributed by atoms with Crippen LogP contribution in [0.25, 0.3) is 0 Å². The van der Waals surface area contributed by atoms with Crippen LogP contribution in [-0.2, 0) is 19.1 Å². The molecule has 10 nitrogen and oxygen atoms in total. The van der Waals surface area contributed by atoms with Crippen molar-refractivity contribution in [1.82, 2.24) is 9.88 Å². The van der Waals surface area contributed by atoms with Gasteiger partial charge < -0.3 is 34.8 Å². The summed E-state index contributed by atoms with van der Waals surface area (Å²) in [4.78, 5) is 29.1. The molecule has 10 heteroatoms. The summed E-state index contributed by atoms with van der Waals surface area (Å²) in [5, 5.41) is 38.6. The Bertz CT molecular complexity index is 671. The lowest BCUT2D eigenvalue weighted by atomic mass is 9.99. The predicted molar refractivity (Wildman–Crippen MR) is 83.6 cm³/mol. The number of likely N-dealkylation sites (N-methyl/N-ethyl adjacent to an activating group) is 1. The molecule has 2 aliphatic heterocycles. The molecule has 1 aromatic heterocycles. The molecule has 1 unspecified atom stereocenters. The van der Waals surface area contributed by atoms with Crippen LogP contribution in [0.4, 0.5) is 0 Å². The largest absolute Gasteiger partial charge is 0.479 e. The lowest BCUT2D eigenvalue weighted by Gasteiger charge is -2.39. The second kappa shape index (κ2) is 7.25. The van der Waals surface area contributed by atoms with E-state index in [1.165, 1.54) is 4.90 Å². The van der Waals surface area contributed by atoms with E-state index in [-0.39, 0.29) is 18.4 Å². The van der Waals surface area contributed by atoms with Gasteiger partial charge in [-0.1, -0.05) is 6.07 Å². The number of pyridine rings is 1. The first-order chi connectivity index (χ1) is 12.3. The summed E-state index contributed by atoms with van der Waals surface area (Å²) >= 11 is 0. The number of rotatable bonds is 4. The van der Waals surface area contributed by atoms with Gasteiger partial charge in [0.15, 0.2) is 12.4 Å².